The maximum absolute atomic E-state index is 12.0. The van der Waals surface area contributed by atoms with E-state index in [0.717, 1.165) is 18.6 Å². The van der Waals surface area contributed by atoms with Gasteiger partial charge in [0.05, 0.1) is 5.69 Å². The van der Waals surface area contributed by atoms with Crippen molar-refractivity contribution in [3.8, 4) is 0 Å². The van der Waals surface area contributed by atoms with Gasteiger partial charge in [-0.05, 0) is 43.0 Å². The van der Waals surface area contributed by atoms with Crippen LogP contribution in [0.3, 0.4) is 0 Å². The quantitative estimate of drug-likeness (QED) is 0.599. The van der Waals surface area contributed by atoms with Crippen molar-refractivity contribution in [2.75, 3.05) is 24.3 Å². The molecule has 4 nitrogen and oxygen atoms in total. The van der Waals surface area contributed by atoms with Gasteiger partial charge in [0.25, 0.3) is 0 Å². The first kappa shape index (κ1) is 15.6. The predicted molar refractivity (Wildman–Crippen MR) is 78.7 cm³/mol. The number of hydrogen-bond acceptors (Lipinski definition) is 4. The minimum absolute atomic E-state index is 0.0415. The van der Waals surface area contributed by atoms with E-state index in [2.05, 4.69) is 4.72 Å². The molecule has 0 fully saturated rings. The highest BCUT2D eigenvalue weighted by atomic mass is 35.5. The second-order valence-electron chi connectivity index (χ2n) is 3.78. The zero-order chi connectivity index (χ0) is 13.6. The van der Waals surface area contributed by atoms with Crippen molar-refractivity contribution in [3.05, 3.63) is 23.2 Å². The fourth-order valence-corrected chi connectivity index (χ4v) is 3.36. The molecular weight excluding hydrogens is 292 g/mol. The van der Waals surface area contributed by atoms with E-state index in [1.165, 1.54) is 12.1 Å². The number of benzene rings is 1. The van der Waals surface area contributed by atoms with Crippen LogP contribution in [0.25, 0.3) is 0 Å². The smallest absolute Gasteiger partial charge is 0.242 e. The number of sulfonamides is 1. The lowest BCUT2D eigenvalue weighted by Crippen LogP contribution is -2.25. The van der Waals surface area contributed by atoms with Crippen molar-refractivity contribution >= 4 is 39.1 Å². The molecule has 0 amide bonds. The average molecular weight is 309 g/mol. The summed E-state index contributed by atoms with van der Waals surface area (Å²) in [5.74, 6) is 1.03. The van der Waals surface area contributed by atoms with E-state index < -0.39 is 10.0 Å². The van der Waals surface area contributed by atoms with E-state index in [9.17, 15) is 8.42 Å². The maximum atomic E-state index is 12.0. The largest absolute Gasteiger partial charge is 0.398 e. The molecule has 7 heteroatoms. The molecule has 0 saturated carbocycles. The second kappa shape index (κ2) is 7.23. The molecule has 0 spiro atoms. The number of hydrogen-bond donors (Lipinski definition) is 2. The molecule has 3 N–H and O–H groups in total. The van der Waals surface area contributed by atoms with Crippen molar-refractivity contribution in [2.24, 2.45) is 0 Å². The average Bonchev–Trinajstić information content (AvgIpc) is 2.32. The number of nitrogen functional groups attached to an aromatic ring is 1. The third-order valence-electron chi connectivity index (χ3n) is 2.33. The molecule has 1 aromatic carbocycles. The van der Waals surface area contributed by atoms with Gasteiger partial charge in [0.1, 0.15) is 4.90 Å². The maximum Gasteiger partial charge on any atom is 0.242 e. The zero-order valence-corrected chi connectivity index (χ0v) is 12.5. The first-order valence-electron chi connectivity index (χ1n) is 5.51. The number of unbranched alkanes of at least 4 members (excludes halogenated alkanes) is 1. The van der Waals surface area contributed by atoms with Crippen molar-refractivity contribution < 1.29 is 8.42 Å². The minimum Gasteiger partial charge on any atom is -0.398 e. The summed E-state index contributed by atoms with van der Waals surface area (Å²) in [6, 6.07) is 4.42. The Morgan fingerprint density at radius 2 is 2.11 bits per heavy atom. The van der Waals surface area contributed by atoms with Crippen LogP contribution in [0, 0.1) is 0 Å². The SMILES string of the molecule is CSCCCCNS(=O)(=O)c1cc(Cl)ccc1N. The lowest BCUT2D eigenvalue weighted by Gasteiger charge is -2.09. The van der Waals surface area contributed by atoms with Crippen LogP contribution in [-0.4, -0.2) is 27.0 Å². The Hall–Kier alpha value is -0.430. The molecule has 0 aliphatic heterocycles. The van der Waals surface area contributed by atoms with E-state index in [4.69, 9.17) is 17.3 Å². The molecule has 0 aliphatic carbocycles. The molecule has 1 rings (SSSR count). The third kappa shape index (κ3) is 4.68. The Kier molecular flexibility index (Phi) is 6.28. The summed E-state index contributed by atoms with van der Waals surface area (Å²) in [6.45, 7) is 0.412. The molecule has 0 unspecified atom stereocenters. The number of halogens is 1. The third-order valence-corrected chi connectivity index (χ3v) is 4.78. The van der Waals surface area contributed by atoms with E-state index in [1.54, 1.807) is 17.8 Å². The second-order valence-corrected chi connectivity index (χ2v) is 6.94. The van der Waals surface area contributed by atoms with Crippen molar-refractivity contribution in [2.45, 2.75) is 17.7 Å². The molecule has 0 radical (unpaired) electrons. The normalized spacial score (nSPS) is 11.7. The highest BCUT2D eigenvalue weighted by Gasteiger charge is 2.16. The van der Waals surface area contributed by atoms with Gasteiger partial charge in [0, 0.05) is 11.6 Å². The Morgan fingerprint density at radius 1 is 1.39 bits per heavy atom. The fourth-order valence-electron chi connectivity index (χ4n) is 1.40. The fraction of sp³-hybridized carbons (Fsp3) is 0.455. The van der Waals surface area contributed by atoms with Crippen molar-refractivity contribution in [1.82, 2.24) is 4.72 Å². The van der Waals surface area contributed by atoms with Crippen LogP contribution in [0.4, 0.5) is 5.69 Å². The van der Waals surface area contributed by atoms with Crippen LogP contribution in [0.2, 0.25) is 5.02 Å². The van der Waals surface area contributed by atoms with Crippen LogP contribution in [0.1, 0.15) is 12.8 Å². The monoisotopic (exact) mass is 308 g/mol. The lowest BCUT2D eigenvalue weighted by molar-refractivity contribution is 0.579. The molecule has 102 valence electrons. The number of thioether (sulfide) groups is 1. The van der Waals surface area contributed by atoms with Crippen LogP contribution in [0.15, 0.2) is 23.1 Å². The molecule has 1 aromatic rings. The van der Waals surface area contributed by atoms with Crippen molar-refractivity contribution in [3.63, 3.8) is 0 Å². The van der Waals surface area contributed by atoms with Gasteiger partial charge in [0.15, 0.2) is 0 Å². The van der Waals surface area contributed by atoms with E-state index in [1.807, 2.05) is 6.26 Å². The van der Waals surface area contributed by atoms with Crippen LogP contribution in [-0.2, 0) is 10.0 Å². The molecule has 0 aliphatic rings. The standard InChI is InChI=1S/C11H17ClN2O2S2/c1-17-7-3-2-6-14-18(15,16)11-8-9(12)4-5-10(11)13/h4-5,8,14H,2-3,6-7,13H2,1H3. The van der Waals surface area contributed by atoms with Gasteiger partial charge >= 0.3 is 0 Å². The van der Waals surface area contributed by atoms with Gasteiger partial charge in [0.2, 0.25) is 10.0 Å². The Bertz CT molecular complexity index is 492. The summed E-state index contributed by atoms with van der Waals surface area (Å²) in [5, 5.41) is 0.354. The summed E-state index contributed by atoms with van der Waals surface area (Å²) >= 11 is 7.52. The molecular formula is C11H17ClN2O2S2. The predicted octanol–water partition coefficient (Wildman–Crippen LogP) is 2.34. The van der Waals surface area contributed by atoms with E-state index in [0.29, 0.717) is 11.6 Å². The van der Waals surface area contributed by atoms with Crippen LogP contribution < -0.4 is 10.5 Å². The van der Waals surface area contributed by atoms with Gasteiger partial charge in [-0.25, -0.2) is 13.1 Å². The van der Waals surface area contributed by atoms with Gasteiger partial charge in [-0.2, -0.15) is 11.8 Å². The molecule has 0 heterocycles. The number of rotatable bonds is 7. The highest BCUT2D eigenvalue weighted by Crippen LogP contribution is 2.22. The molecule has 18 heavy (non-hydrogen) atoms. The molecule has 0 saturated heterocycles. The molecule has 0 aromatic heterocycles. The first-order chi connectivity index (χ1) is 8.47. The number of nitrogens with two attached hydrogens (primary N) is 1. The van der Waals surface area contributed by atoms with E-state index >= 15 is 0 Å². The molecule has 0 bridgehead atoms. The van der Waals surface area contributed by atoms with Gasteiger partial charge in [-0.15, -0.1) is 0 Å². The van der Waals surface area contributed by atoms with E-state index in [-0.39, 0.29) is 10.6 Å². The Balaban J connectivity index is 2.66. The summed E-state index contributed by atoms with van der Waals surface area (Å²) in [4.78, 5) is 0.0415. The molecule has 0 atom stereocenters. The zero-order valence-electron chi connectivity index (χ0n) is 10.1. The summed E-state index contributed by atoms with van der Waals surface area (Å²) in [6.07, 6.45) is 3.81. The topological polar surface area (TPSA) is 72.2 Å². The highest BCUT2D eigenvalue weighted by molar-refractivity contribution is 7.98. The van der Waals surface area contributed by atoms with Gasteiger partial charge in [-0.1, -0.05) is 11.6 Å². The van der Waals surface area contributed by atoms with Gasteiger partial charge < -0.3 is 5.73 Å². The minimum atomic E-state index is -3.57. The summed E-state index contributed by atoms with van der Waals surface area (Å²) in [7, 11) is -3.57. The summed E-state index contributed by atoms with van der Waals surface area (Å²) in [5.41, 5.74) is 5.85. The first-order valence-corrected chi connectivity index (χ1v) is 8.76. The Labute approximate surface area is 117 Å². The lowest BCUT2D eigenvalue weighted by atomic mass is 10.3. The Morgan fingerprint density at radius 3 is 2.78 bits per heavy atom. The van der Waals surface area contributed by atoms with Crippen molar-refractivity contribution in [1.29, 1.82) is 0 Å². The number of anilines is 1. The number of nitrogens with one attached hydrogen (secondary N) is 1. The van der Waals surface area contributed by atoms with Gasteiger partial charge in [-0.3, -0.25) is 0 Å². The van der Waals surface area contributed by atoms with Crippen LogP contribution >= 0.6 is 23.4 Å². The summed E-state index contributed by atoms with van der Waals surface area (Å²) < 4.78 is 26.5. The van der Waals surface area contributed by atoms with Crippen LogP contribution in [0.5, 0.6) is 0 Å².